The van der Waals surface area contributed by atoms with Gasteiger partial charge in [-0.15, -0.1) is 0 Å². The number of nitrogens with one attached hydrogen (secondary N) is 2. The Morgan fingerprint density at radius 3 is 2.40 bits per heavy atom. The van der Waals surface area contributed by atoms with Crippen LogP contribution in [0.15, 0.2) is 0 Å². The highest BCUT2D eigenvalue weighted by atomic mass is 32.2. The number of hydrogen-bond donors (Lipinski definition) is 3. The van der Waals surface area contributed by atoms with E-state index in [1.165, 1.54) is 0 Å². The van der Waals surface area contributed by atoms with Crippen LogP contribution in [0.2, 0.25) is 0 Å². The molecule has 2 unspecified atom stereocenters. The van der Waals surface area contributed by atoms with E-state index in [2.05, 4.69) is 10.6 Å². The van der Waals surface area contributed by atoms with Crippen LogP contribution in [-0.2, 0) is 15.6 Å². The molecule has 2 amide bonds. The van der Waals surface area contributed by atoms with Gasteiger partial charge in [-0.3, -0.25) is 4.21 Å². The number of carboxylic acid groups (broad SMARTS) is 1. The van der Waals surface area contributed by atoms with E-state index in [0.717, 1.165) is 19.3 Å². The molecule has 6 nitrogen and oxygen atoms in total. The molecule has 2 atom stereocenters. The Hall–Kier alpha value is -1.11. The third kappa shape index (κ3) is 4.77. The van der Waals surface area contributed by atoms with Crippen molar-refractivity contribution in [2.45, 2.75) is 56.2 Å². The van der Waals surface area contributed by atoms with Gasteiger partial charge < -0.3 is 15.7 Å². The average molecular weight is 304 g/mol. The third-order valence-corrected chi connectivity index (χ3v) is 5.24. The van der Waals surface area contributed by atoms with Crippen molar-refractivity contribution in [1.82, 2.24) is 10.6 Å². The van der Waals surface area contributed by atoms with Crippen molar-refractivity contribution < 1.29 is 18.9 Å². The maximum Gasteiger partial charge on any atom is 0.329 e. The molecule has 0 aromatic heterocycles. The zero-order valence-corrected chi connectivity index (χ0v) is 12.9. The van der Waals surface area contributed by atoms with Crippen LogP contribution < -0.4 is 10.6 Å². The molecule has 7 heteroatoms. The first-order chi connectivity index (χ1) is 9.37. The molecule has 0 spiro atoms. The lowest BCUT2D eigenvalue weighted by molar-refractivity contribution is -0.145. The fraction of sp³-hybridized carbons (Fsp3) is 0.846. The van der Waals surface area contributed by atoms with E-state index in [0.29, 0.717) is 25.8 Å². The molecule has 1 saturated carbocycles. The second-order valence-electron chi connectivity index (χ2n) is 5.43. The minimum Gasteiger partial charge on any atom is -0.480 e. The zero-order chi connectivity index (χ0) is 15.2. The minimum absolute atomic E-state index is 0.0124. The van der Waals surface area contributed by atoms with Crippen LogP contribution >= 0.6 is 0 Å². The lowest BCUT2D eigenvalue weighted by Gasteiger charge is -2.33. The second-order valence-corrected chi connectivity index (χ2v) is 7.23. The number of carbonyl (C=O) groups excluding carboxylic acids is 1. The summed E-state index contributed by atoms with van der Waals surface area (Å²) in [6, 6.07) is -0.455. The summed E-state index contributed by atoms with van der Waals surface area (Å²) in [5, 5.41) is 14.6. The summed E-state index contributed by atoms with van der Waals surface area (Å²) in [6.07, 6.45) is 5.84. The molecule has 0 bridgehead atoms. The molecule has 0 aromatic carbocycles. The van der Waals surface area contributed by atoms with Gasteiger partial charge in [0.2, 0.25) is 0 Å². The van der Waals surface area contributed by atoms with E-state index in [-0.39, 0.29) is 5.25 Å². The van der Waals surface area contributed by atoms with Gasteiger partial charge in [0.1, 0.15) is 5.54 Å². The molecule has 3 N–H and O–H groups in total. The number of hydrogen-bond acceptors (Lipinski definition) is 3. The summed E-state index contributed by atoms with van der Waals surface area (Å²) in [5.74, 6) is -0.963. The number of aliphatic carboxylic acids is 1. The van der Waals surface area contributed by atoms with Crippen LogP contribution in [-0.4, -0.2) is 44.9 Å². The SMILES string of the molecule is CC(CCNC(=O)NC1(C(=O)O)CCCCC1)S(C)=O. The molecule has 0 aliphatic heterocycles. The first-order valence-electron chi connectivity index (χ1n) is 6.99. The van der Waals surface area contributed by atoms with Crippen molar-refractivity contribution in [3.05, 3.63) is 0 Å². The van der Waals surface area contributed by atoms with Crippen LogP contribution in [0.25, 0.3) is 0 Å². The van der Waals surface area contributed by atoms with Gasteiger partial charge in [0.15, 0.2) is 0 Å². The van der Waals surface area contributed by atoms with Crippen LogP contribution in [0.3, 0.4) is 0 Å². The lowest BCUT2D eigenvalue weighted by Crippen LogP contribution is -2.58. The lowest BCUT2D eigenvalue weighted by atomic mass is 9.82. The Morgan fingerprint density at radius 2 is 1.90 bits per heavy atom. The topological polar surface area (TPSA) is 95.5 Å². The second kappa shape index (κ2) is 7.61. The van der Waals surface area contributed by atoms with E-state index >= 15 is 0 Å². The Morgan fingerprint density at radius 1 is 1.30 bits per heavy atom. The standard InChI is InChI=1S/C13H24N2O4S/c1-10(20(2)19)6-9-14-12(18)15-13(11(16)17)7-4-3-5-8-13/h10H,3-9H2,1-2H3,(H,16,17)(H2,14,15,18). The van der Waals surface area contributed by atoms with Gasteiger partial charge in [-0.2, -0.15) is 0 Å². The van der Waals surface area contributed by atoms with Gasteiger partial charge in [-0.05, 0) is 19.3 Å². The summed E-state index contributed by atoms with van der Waals surface area (Å²) in [7, 11) is -0.913. The molecule has 0 saturated heterocycles. The van der Waals surface area contributed by atoms with Gasteiger partial charge in [-0.25, -0.2) is 9.59 Å². The highest BCUT2D eigenvalue weighted by molar-refractivity contribution is 7.84. The molecule has 1 aliphatic rings. The number of carbonyl (C=O) groups is 2. The maximum absolute atomic E-state index is 11.8. The zero-order valence-electron chi connectivity index (χ0n) is 12.1. The molecule has 0 radical (unpaired) electrons. The van der Waals surface area contributed by atoms with Crippen LogP contribution in [0.5, 0.6) is 0 Å². The first kappa shape index (κ1) is 16.9. The Balaban J connectivity index is 2.43. The van der Waals surface area contributed by atoms with Crippen molar-refractivity contribution in [1.29, 1.82) is 0 Å². The van der Waals surface area contributed by atoms with E-state index in [4.69, 9.17) is 0 Å². The Labute approximate surface area is 122 Å². The largest absolute Gasteiger partial charge is 0.480 e. The van der Waals surface area contributed by atoms with Gasteiger partial charge in [0.05, 0.1) is 0 Å². The molecule has 116 valence electrons. The minimum atomic E-state index is -1.12. The molecule has 0 aromatic rings. The van der Waals surface area contributed by atoms with Gasteiger partial charge >= 0.3 is 12.0 Å². The molecule has 0 heterocycles. The molecule has 20 heavy (non-hydrogen) atoms. The quantitative estimate of drug-likeness (QED) is 0.688. The number of carboxylic acids is 1. The van der Waals surface area contributed by atoms with E-state index in [9.17, 15) is 18.9 Å². The summed E-state index contributed by atoms with van der Waals surface area (Å²) in [4.78, 5) is 23.2. The normalized spacial score (nSPS) is 20.7. The monoisotopic (exact) mass is 304 g/mol. The highest BCUT2D eigenvalue weighted by Crippen LogP contribution is 2.28. The Kier molecular flexibility index (Phi) is 6.45. The maximum atomic E-state index is 11.8. The molecular weight excluding hydrogens is 280 g/mol. The van der Waals surface area contributed by atoms with E-state index in [1.54, 1.807) is 6.26 Å². The van der Waals surface area contributed by atoms with Crippen molar-refractivity contribution in [3.63, 3.8) is 0 Å². The van der Waals surface area contributed by atoms with Crippen molar-refractivity contribution in [2.24, 2.45) is 0 Å². The van der Waals surface area contributed by atoms with Gasteiger partial charge in [0, 0.05) is 28.9 Å². The third-order valence-electron chi connectivity index (χ3n) is 3.87. The van der Waals surface area contributed by atoms with Crippen LogP contribution in [0, 0.1) is 0 Å². The summed E-state index contributed by atoms with van der Waals surface area (Å²) in [6.45, 7) is 2.25. The van der Waals surface area contributed by atoms with Gasteiger partial charge in [-0.1, -0.05) is 26.2 Å². The Bertz CT molecular complexity index is 381. The van der Waals surface area contributed by atoms with Crippen LogP contribution in [0.1, 0.15) is 45.4 Å². The fourth-order valence-electron chi connectivity index (χ4n) is 2.36. The molecule has 1 fully saturated rings. The average Bonchev–Trinajstić information content (AvgIpc) is 2.39. The van der Waals surface area contributed by atoms with Crippen molar-refractivity contribution in [2.75, 3.05) is 12.8 Å². The molecular formula is C13H24N2O4S. The van der Waals surface area contributed by atoms with Gasteiger partial charge in [0.25, 0.3) is 0 Å². The molecule has 1 rings (SSSR count). The highest BCUT2D eigenvalue weighted by Gasteiger charge is 2.40. The number of amides is 2. The first-order valence-corrected chi connectivity index (χ1v) is 8.61. The smallest absolute Gasteiger partial charge is 0.329 e. The van der Waals surface area contributed by atoms with E-state index in [1.807, 2.05) is 6.92 Å². The predicted molar refractivity (Wildman–Crippen MR) is 78.1 cm³/mol. The number of rotatable bonds is 6. The number of urea groups is 1. The van der Waals surface area contributed by atoms with E-state index < -0.39 is 28.3 Å². The van der Waals surface area contributed by atoms with Crippen LogP contribution in [0.4, 0.5) is 4.79 Å². The summed E-state index contributed by atoms with van der Waals surface area (Å²) in [5.41, 5.74) is -1.12. The van der Waals surface area contributed by atoms with Crippen molar-refractivity contribution >= 4 is 22.8 Å². The predicted octanol–water partition coefficient (Wildman–Crippen LogP) is 1.23. The van der Waals surface area contributed by atoms with Crippen molar-refractivity contribution in [3.8, 4) is 0 Å². The fourth-order valence-corrected chi connectivity index (χ4v) is 2.81. The molecule has 1 aliphatic carbocycles. The summed E-state index contributed by atoms with van der Waals surface area (Å²) >= 11 is 0. The summed E-state index contributed by atoms with van der Waals surface area (Å²) < 4.78 is 11.2.